The molecular weight excluding hydrogens is 1520 g/mol. The summed E-state index contributed by atoms with van der Waals surface area (Å²) in [5.41, 5.74) is -1.10. The molecule has 4 rings (SSSR count). The second-order valence-corrected chi connectivity index (χ2v) is 34.4. The lowest BCUT2D eigenvalue weighted by molar-refractivity contribution is -0.282. The zero-order chi connectivity index (χ0) is 84.6. The molecule has 2 amide bonds. The van der Waals surface area contributed by atoms with Gasteiger partial charge in [0.15, 0.2) is 18.9 Å². The Morgan fingerprint density at radius 1 is 0.391 bits per heavy atom. The fourth-order valence-electron chi connectivity index (χ4n) is 14.9. The number of nitrogens with one attached hydrogen (secondary N) is 2. The van der Waals surface area contributed by atoms with E-state index in [2.05, 4.69) is 10.6 Å². The van der Waals surface area contributed by atoms with E-state index in [1.165, 1.54) is 0 Å². The van der Waals surface area contributed by atoms with Crippen LogP contribution in [0.2, 0.25) is 0 Å². The van der Waals surface area contributed by atoms with Crippen LogP contribution in [0.4, 0.5) is 0 Å². The standard InChI is InChI=1S/C82H145N2O30P/c1-56-73(97)76(100)68(49-85)112-79(56)108-40-22-19-30-60(88)26-14-11-16-28-62(90)35-43-105-53-82(48-64(92)32-13-9-7-5-6-8-10-18-33-67(94)66-47-65(93)46-59(66)52-111-115(4,103)104,54-106-44-36-63(91)29-17-12-15-27-61(89)31-20-23-41-109-80-57(2)74(98)77(101)69(50-86)113-80)55-107-45-37-72(96)84-39-25-38-83-71(95)34-21-24-42-110-81-58(3)75(99)78(102)70(51-87)114-81/h56-59,65-66,68-70,73-81,85-87,93,97-102H,5-55H2,1-4H3,(H,83,95)(H,84,96)(H,103,104)/t56?,57?,58?,59-,65+,66?,68?,69?,70?,73?,74?,75?,76?,77?,78?,79?,80?,81?,82?/m0/s1. The molecule has 668 valence electrons. The number of carbonyl (C=O) groups excluding carboxylic acids is 8. The molecule has 3 aliphatic heterocycles. The summed E-state index contributed by atoms with van der Waals surface area (Å²) in [5, 5.41) is 106. The Morgan fingerprint density at radius 2 is 0.713 bits per heavy atom. The first-order valence-corrected chi connectivity index (χ1v) is 44.8. The van der Waals surface area contributed by atoms with Gasteiger partial charge in [0.05, 0.1) is 90.5 Å². The number of unbranched alkanes of at least 4 members (excludes halogenated alkanes) is 14. The minimum atomic E-state index is -3.72. The average molecular weight is 1670 g/mol. The molecular formula is C82H145N2O30P. The maximum absolute atomic E-state index is 14.2. The molecule has 0 spiro atoms. The topological polar surface area (TPSA) is 493 Å². The summed E-state index contributed by atoms with van der Waals surface area (Å²) in [6.45, 7) is 5.87. The van der Waals surface area contributed by atoms with Crippen LogP contribution in [0.5, 0.6) is 0 Å². The third-order valence-electron chi connectivity index (χ3n) is 22.3. The van der Waals surface area contributed by atoms with Crippen molar-refractivity contribution in [3.63, 3.8) is 0 Å². The zero-order valence-corrected chi connectivity index (χ0v) is 70.0. The van der Waals surface area contributed by atoms with Gasteiger partial charge in [-0.05, 0) is 102 Å². The predicted molar refractivity (Wildman–Crippen MR) is 420 cm³/mol. The number of carbonyl (C=O) groups is 8. The summed E-state index contributed by atoms with van der Waals surface area (Å²) in [5.74, 6) is -2.69. The van der Waals surface area contributed by atoms with E-state index in [1.54, 1.807) is 20.8 Å². The molecule has 0 aromatic rings. The second kappa shape index (κ2) is 59.2. The van der Waals surface area contributed by atoms with E-state index in [-0.39, 0.29) is 176 Å². The Kier molecular flexibility index (Phi) is 53.3. The van der Waals surface area contributed by atoms with E-state index < -0.39 is 136 Å². The van der Waals surface area contributed by atoms with Crippen LogP contribution in [0.15, 0.2) is 0 Å². The van der Waals surface area contributed by atoms with E-state index in [0.29, 0.717) is 148 Å². The SMILES string of the molecule is CC1C(OCCCCC(=O)CCCCCC(=O)CCOCC(COCCC(=O)CCCCCC(=O)CCCCOC2OC(CO)C(O)C(O)C2C)(COCCC(=O)NCCCNC(=O)CCCCOC2OC(CO)C(O)C(O)C2C)CC(=O)CCCCCCCCCCC(=O)C2C[C@H](O)C[C@H]2COP(C)(=O)O)OC(CO)C(O)C1O. The zero-order valence-electron chi connectivity index (χ0n) is 69.1. The molecule has 115 heavy (non-hydrogen) atoms. The van der Waals surface area contributed by atoms with Crippen molar-refractivity contribution in [2.45, 2.75) is 332 Å². The van der Waals surface area contributed by atoms with Crippen LogP contribution in [-0.2, 0) is 90.1 Å². The van der Waals surface area contributed by atoms with Crippen molar-refractivity contribution in [1.29, 1.82) is 0 Å². The number of rotatable bonds is 69. The highest BCUT2D eigenvalue weighted by atomic mass is 31.2. The Labute approximate surface area is 680 Å². The normalized spacial score (nSPS) is 27.4. The molecule has 3 saturated heterocycles. The Balaban J connectivity index is 1.28. The van der Waals surface area contributed by atoms with Crippen molar-refractivity contribution in [1.82, 2.24) is 10.6 Å². The van der Waals surface area contributed by atoms with Crippen molar-refractivity contribution in [3.05, 3.63) is 0 Å². The van der Waals surface area contributed by atoms with Crippen LogP contribution in [0.1, 0.15) is 252 Å². The van der Waals surface area contributed by atoms with Gasteiger partial charge in [0.2, 0.25) is 11.8 Å². The van der Waals surface area contributed by atoms with E-state index in [9.17, 15) is 98.9 Å². The Bertz CT molecular complexity index is 2570. The van der Waals surface area contributed by atoms with Gasteiger partial charge in [-0.25, -0.2) is 0 Å². The van der Waals surface area contributed by atoms with Crippen molar-refractivity contribution >= 4 is 54.1 Å². The molecule has 4 aliphatic rings. The number of hydrogen-bond donors (Lipinski definition) is 13. The van der Waals surface area contributed by atoms with Gasteiger partial charge in [0, 0.05) is 152 Å². The van der Waals surface area contributed by atoms with Gasteiger partial charge in [-0.2, -0.15) is 0 Å². The highest BCUT2D eigenvalue weighted by Gasteiger charge is 2.46. The molecule has 33 heteroatoms. The number of Topliss-reactive ketones (excluding diaryl/α,β-unsaturated/α-hetero) is 6. The molecule has 0 aromatic carbocycles. The highest BCUT2D eigenvalue weighted by Crippen LogP contribution is 2.42. The van der Waals surface area contributed by atoms with E-state index in [0.717, 1.165) is 45.2 Å². The maximum Gasteiger partial charge on any atom is 0.325 e. The van der Waals surface area contributed by atoms with Crippen LogP contribution in [0.25, 0.3) is 0 Å². The van der Waals surface area contributed by atoms with E-state index in [1.807, 2.05) is 0 Å². The number of hydrogen-bond acceptors (Lipinski definition) is 29. The van der Waals surface area contributed by atoms with Gasteiger partial charge in [-0.1, -0.05) is 72.1 Å². The van der Waals surface area contributed by atoms with Gasteiger partial charge in [-0.15, -0.1) is 0 Å². The van der Waals surface area contributed by atoms with Crippen LogP contribution >= 0.6 is 7.60 Å². The summed E-state index contributed by atoms with van der Waals surface area (Å²) < 4.78 is 69.6. The first-order valence-electron chi connectivity index (χ1n) is 42.7. The summed E-state index contributed by atoms with van der Waals surface area (Å²) in [6, 6.07) is 0. The van der Waals surface area contributed by atoms with Gasteiger partial charge in [0.1, 0.15) is 71.3 Å². The molecule has 0 radical (unpaired) electrons. The Hall–Kier alpha value is -3.65. The van der Waals surface area contributed by atoms with Gasteiger partial charge >= 0.3 is 7.60 Å². The average Bonchev–Trinajstić information content (AvgIpc) is 1.85. The lowest BCUT2D eigenvalue weighted by Crippen LogP contribution is -2.55. The monoisotopic (exact) mass is 1670 g/mol. The number of amides is 2. The van der Waals surface area contributed by atoms with Crippen LogP contribution in [0.3, 0.4) is 0 Å². The van der Waals surface area contributed by atoms with Gasteiger partial charge < -0.3 is 114 Å². The lowest BCUT2D eigenvalue weighted by atomic mass is 9.83. The number of ketones is 6. The van der Waals surface area contributed by atoms with Gasteiger partial charge in [0.25, 0.3) is 0 Å². The summed E-state index contributed by atoms with van der Waals surface area (Å²) in [7, 11) is -3.72. The minimum absolute atomic E-state index is 0.0285. The molecule has 32 nitrogen and oxygen atoms in total. The number of aliphatic hydroxyl groups excluding tert-OH is 10. The summed E-state index contributed by atoms with van der Waals surface area (Å²) in [6.07, 6.45) is 4.65. The maximum atomic E-state index is 14.2. The molecule has 17 unspecified atom stereocenters. The first kappa shape index (κ1) is 104. The third kappa shape index (κ3) is 42.6. The first-order chi connectivity index (χ1) is 55.0. The summed E-state index contributed by atoms with van der Waals surface area (Å²) in [4.78, 5) is 115. The quantitative estimate of drug-likeness (QED) is 0.0267. The number of ether oxygens (including phenoxy) is 9. The second-order valence-electron chi connectivity index (χ2n) is 32.5. The van der Waals surface area contributed by atoms with Crippen molar-refractivity contribution in [3.8, 4) is 0 Å². The predicted octanol–water partition coefficient (Wildman–Crippen LogP) is 5.43. The number of aliphatic hydroxyl groups is 10. The highest BCUT2D eigenvalue weighted by molar-refractivity contribution is 7.51. The Morgan fingerprint density at radius 3 is 1.10 bits per heavy atom. The van der Waals surface area contributed by atoms with Crippen molar-refractivity contribution in [2.75, 3.05) is 106 Å². The van der Waals surface area contributed by atoms with Crippen molar-refractivity contribution in [2.24, 2.45) is 35.0 Å². The summed E-state index contributed by atoms with van der Waals surface area (Å²) >= 11 is 0. The minimum Gasteiger partial charge on any atom is -0.394 e. The van der Waals surface area contributed by atoms with Gasteiger partial charge in [-0.3, -0.25) is 42.9 Å². The molecule has 1 saturated carbocycles. The largest absolute Gasteiger partial charge is 0.394 e. The molecule has 0 aromatic heterocycles. The van der Waals surface area contributed by atoms with E-state index in [4.69, 9.17) is 47.2 Å². The molecule has 13 N–H and O–H groups in total. The smallest absolute Gasteiger partial charge is 0.325 e. The van der Waals surface area contributed by atoms with Crippen molar-refractivity contribution < 1.29 is 146 Å². The van der Waals surface area contributed by atoms with Crippen LogP contribution < -0.4 is 10.6 Å². The molecule has 3 heterocycles. The molecule has 1 aliphatic carbocycles. The molecule has 19 atom stereocenters. The fraction of sp³-hybridized carbons (Fsp3) is 0.902. The molecule has 4 fully saturated rings. The fourth-order valence-corrected chi connectivity index (χ4v) is 15.4. The lowest BCUT2D eigenvalue weighted by Gasteiger charge is -2.40. The van der Waals surface area contributed by atoms with Crippen LogP contribution in [0, 0.1) is 35.0 Å². The molecule has 0 bridgehead atoms. The van der Waals surface area contributed by atoms with Crippen LogP contribution in [-0.4, -0.2) is 288 Å². The third-order valence-corrected chi connectivity index (χ3v) is 22.9. The van der Waals surface area contributed by atoms with E-state index >= 15 is 0 Å².